The molecule has 3 rings (SSSR count). The first-order chi connectivity index (χ1) is 16.3. The zero-order chi connectivity index (χ0) is 24.7. The molecule has 0 saturated heterocycles. The van der Waals surface area contributed by atoms with Gasteiger partial charge in [0.15, 0.2) is 0 Å². The normalized spacial score (nSPS) is 18.5. The summed E-state index contributed by atoms with van der Waals surface area (Å²) in [6, 6.07) is 4.66. The van der Waals surface area contributed by atoms with Crippen LogP contribution in [0, 0.1) is 17.8 Å². The van der Waals surface area contributed by atoms with Gasteiger partial charge < -0.3 is 24.4 Å². The monoisotopic (exact) mass is 466 g/mol. The lowest BCUT2D eigenvalue weighted by molar-refractivity contribution is 0.0313. The second-order valence-corrected chi connectivity index (χ2v) is 8.36. The van der Waals surface area contributed by atoms with Gasteiger partial charge in [-0.1, -0.05) is 18.8 Å². The third-order valence-corrected chi connectivity index (χ3v) is 5.68. The number of rotatable bonds is 6. The number of carbonyl (C=O) groups is 2. The number of fused-ring (bicyclic) bond motifs is 1. The number of hydrogen-bond donors (Lipinski definition) is 1. The molecular formula is C25H30N4O5. The van der Waals surface area contributed by atoms with Gasteiger partial charge in [0.25, 0.3) is 11.8 Å². The number of pyridine rings is 2. The Labute approximate surface area is 199 Å². The highest BCUT2D eigenvalue weighted by molar-refractivity contribution is 5.97. The molecule has 0 bridgehead atoms. The van der Waals surface area contributed by atoms with Crippen molar-refractivity contribution in [1.82, 2.24) is 19.8 Å². The fourth-order valence-electron chi connectivity index (χ4n) is 3.66. The molecular weight excluding hydrogens is 436 g/mol. The van der Waals surface area contributed by atoms with Crippen molar-refractivity contribution in [2.75, 3.05) is 40.5 Å². The lowest BCUT2D eigenvalue weighted by Crippen LogP contribution is -2.50. The molecule has 180 valence electrons. The molecule has 0 unspecified atom stereocenters. The van der Waals surface area contributed by atoms with Gasteiger partial charge in [0.1, 0.15) is 18.3 Å². The van der Waals surface area contributed by atoms with E-state index < -0.39 is 12.1 Å². The number of hydrogen-bond acceptors (Lipinski definition) is 7. The fourth-order valence-corrected chi connectivity index (χ4v) is 3.66. The molecule has 2 aromatic rings. The molecule has 0 spiro atoms. The molecule has 3 atom stereocenters. The number of methoxy groups -OCH3 is 1. The van der Waals surface area contributed by atoms with Gasteiger partial charge in [-0.15, -0.1) is 0 Å². The minimum Gasteiger partial charge on any atom is -0.472 e. The predicted molar refractivity (Wildman–Crippen MR) is 125 cm³/mol. The van der Waals surface area contributed by atoms with Crippen LogP contribution in [0.1, 0.15) is 40.1 Å². The Balaban J connectivity index is 1.93. The number of nitrogens with zero attached hydrogens (tertiary/aromatic N) is 4. The number of ether oxygens (including phenoxy) is 2. The standard InChI is InChI=1S/C25H30N4O5/c1-17-14-29(18(2)16-30)25(32)21-11-19(7-6-10-33-4)12-27-23(21)34-22(17)15-28(3)24(31)20-8-5-9-26-13-20/h5,8-9,11-13,17-18,22,30H,10,14-16H2,1-4H3/t17-,18-,22-/m0/s1. The number of amides is 2. The molecule has 34 heavy (non-hydrogen) atoms. The lowest BCUT2D eigenvalue weighted by Gasteiger charge is -2.37. The maximum atomic E-state index is 13.4. The molecule has 2 amide bonds. The van der Waals surface area contributed by atoms with Crippen LogP contribution in [-0.4, -0.2) is 89.3 Å². The van der Waals surface area contributed by atoms with Crippen LogP contribution < -0.4 is 4.74 Å². The van der Waals surface area contributed by atoms with E-state index in [1.54, 1.807) is 61.5 Å². The first kappa shape index (κ1) is 25.1. The van der Waals surface area contributed by atoms with E-state index in [0.717, 1.165) is 0 Å². The smallest absolute Gasteiger partial charge is 0.259 e. The highest BCUT2D eigenvalue weighted by Crippen LogP contribution is 2.27. The zero-order valence-corrected chi connectivity index (χ0v) is 19.9. The molecule has 3 heterocycles. The zero-order valence-electron chi connectivity index (χ0n) is 19.9. The van der Waals surface area contributed by atoms with Crippen molar-refractivity contribution >= 4 is 11.8 Å². The maximum Gasteiger partial charge on any atom is 0.259 e. The van der Waals surface area contributed by atoms with E-state index in [9.17, 15) is 14.7 Å². The van der Waals surface area contributed by atoms with Crippen LogP contribution in [-0.2, 0) is 4.74 Å². The number of aliphatic hydroxyl groups is 1. The molecule has 1 N–H and O–H groups in total. The van der Waals surface area contributed by atoms with Gasteiger partial charge in [0, 0.05) is 50.8 Å². The van der Waals surface area contributed by atoms with Crippen LogP contribution in [0.2, 0.25) is 0 Å². The molecule has 0 aliphatic carbocycles. The molecule has 0 radical (unpaired) electrons. The second-order valence-electron chi connectivity index (χ2n) is 8.36. The van der Waals surface area contributed by atoms with Crippen molar-refractivity contribution in [1.29, 1.82) is 0 Å². The second kappa shape index (κ2) is 11.6. The summed E-state index contributed by atoms with van der Waals surface area (Å²) in [4.78, 5) is 37.8. The lowest BCUT2D eigenvalue weighted by atomic mass is 9.99. The van der Waals surface area contributed by atoms with Crippen molar-refractivity contribution in [3.63, 3.8) is 0 Å². The summed E-state index contributed by atoms with van der Waals surface area (Å²) in [7, 11) is 3.25. The summed E-state index contributed by atoms with van der Waals surface area (Å²) < 4.78 is 11.2. The number of aromatic nitrogens is 2. The van der Waals surface area contributed by atoms with E-state index in [2.05, 4.69) is 21.8 Å². The molecule has 0 fully saturated rings. The van der Waals surface area contributed by atoms with E-state index in [4.69, 9.17) is 9.47 Å². The molecule has 0 aromatic carbocycles. The molecule has 2 aromatic heterocycles. The summed E-state index contributed by atoms with van der Waals surface area (Å²) in [5.41, 5.74) is 1.30. The molecule has 1 aliphatic rings. The number of aliphatic hydroxyl groups excluding tert-OH is 1. The van der Waals surface area contributed by atoms with Crippen molar-refractivity contribution in [2.45, 2.75) is 26.0 Å². The summed E-state index contributed by atoms with van der Waals surface area (Å²) in [5, 5.41) is 9.77. The summed E-state index contributed by atoms with van der Waals surface area (Å²) in [5.74, 6) is 5.34. The Hall–Kier alpha value is -3.48. The highest BCUT2D eigenvalue weighted by Gasteiger charge is 2.34. The van der Waals surface area contributed by atoms with Gasteiger partial charge in [-0.2, -0.15) is 0 Å². The van der Waals surface area contributed by atoms with Gasteiger partial charge in [0.2, 0.25) is 5.88 Å². The molecule has 9 nitrogen and oxygen atoms in total. The van der Waals surface area contributed by atoms with Crippen molar-refractivity contribution in [2.24, 2.45) is 5.92 Å². The van der Waals surface area contributed by atoms with Crippen molar-refractivity contribution < 1.29 is 24.2 Å². The van der Waals surface area contributed by atoms with E-state index in [-0.39, 0.29) is 48.9 Å². The summed E-state index contributed by atoms with van der Waals surface area (Å²) in [6.07, 6.45) is 4.24. The summed E-state index contributed by atoms with van der Waals surface area (Å²) in [6.45, 7) is 4.44. The topological polar surface area (TPSA) is 105 Å². The molecule has 9 heteroatoms. The minimum absolute atomic E-state index is 0.141. The Morgan fingerprint density at radius 3 is 2.91 bits per heavy atom. The largest absolute Gasteiger partial charge is 0.472 e. The van der Waals surface area contributed by atoms with Gasteiger partial charge >= 0.3 is 0 Å². The Kier molecular flexibility index (Phi) is 8.57. The fraction of sp³-hybridized carbons (Fsp3) is 0.440. The molecule has 1 aliphatic heterocycles. The minimum atomic E-state index is -0.441. The van der Waals surface area contributed by atoms with Crippen LogP contribution in [0.25, 0.3) is 0 Å². The Morgan fingerprint density at radius 1 is 1.44 bits per heavy atom. The maximum absolute atomic E-state index is 13.4. The van der Waals surface area contributed by atoms with Gasteiger partial charge in [0.05, 0.1) is 24.8 Å². The molecule has 0 saturated carbocycles. The van der Waals surface area contributed by atoms with Crippen LogP contribution in [0.15, 0.2) is 36.8 Å². The van der Waals surface area contributed by atoms with Gasteiger partial charge in [-0.05, 0) is 25.1 Å². The third-order valence-electron chi connectivity index (χ3n) is 5.68. The average Bonchev–Trinajstić information content (AvgIpc) is 2.86. The van der Waals surface area contributed by atoms with Crippen LogP contribution in [0.3, 0.4) is 0 Å². The van der Waals surface area contributed by atoms with Crippen LogP contribution in [0.4, 0.5) is 0 Å². The average molecular weight is 467 g/mol. The number of likely N-dealkylation sites (N-methyl/N-ethyl adjacent to an activating group) is 1. The predicted octanol–water partition coefficient (Wildman–Crippen LogP) is 1.47. The number of carbonyl (C=O) groups excluding carboxylic acids is 2. The van der Waals surface area contributed by atoms with Gasteiger partial charge in [-0.3, -0.25) is 14.6 Å². The van der Waals surface area contributed by atoms with Crippen molar-refractivity contribution in [3.05, 3.63) is 53.5 Å². The SMILES string of the molecule is COCC#Cc1cnc2c(c1)C(=O)N([C@@H](C)CO)C[C@H](C)[C@H](CN(C)C(=O)c1cccnc1)O2. The first-order valence-electron chi connectivity index (χ1n) is 11.1. The highest BCUT2D eigenvalue weighted by atomic mass is 16.5. The van der Waals surface area contributed by atoms with E-state index in [0.29, 0.717) is 17.7 Å². The van der Waals surface area contributed by atoms with Gasteiger partial charge in [-0.25, -0.2) is 4.98 Å². The van der Waals surface area contributed by atoms with Crippen molar-refractivity contribution in [3.8, 4) is 17.7 Å². The van der Waals surface area contributed by atoms with E-state index >= 15 is 0 Å². The summed E-state index contributed by atoms with van der Waals surface area (Å²) >= 11 is 0. The van der Waals surface area contributed by atoms with Crippen LogP contribution in [0.5, 0.6) is 5.88 Å². The Bertz CT molecular complexity index is 1070. The third kappa shape index (κ3) is 5.90. The van der Waals surface area contributed by atoms with Crippen LogP contribution >= 0.6 is 0 Å². The Morgan fingerprint density at radius 2 is 2.24 bits per heavy atom. The first-order valence-corrected chi connectivity index (χ1v) is 11.1. The van der Waals surface area contributed by atoms with E-state index in [1.165, 1.54) is 6.20 Å². The van der Waals surface area contributed by atoms with E-state index in [1.807, 2.05) is 6.92 Å². The quantitative estimate of drug-likeness (QED) is 0.643.